The largest absolute Gasteiger partial charge is 0.354 e. The van der Waals surface area contributed by atoms with Crippen molar-refractivity contribution < 1.29 is 4.79 Å². The van der Waals surface area contributed by atoms with Crippen LogP contribution in [0.5, 0.6) is 0 Å². The average Bonchev–Trinajstić information content (AvgIpc) is 3.05. The molecule has 2 saturated heterocycles. The maximum absolute atomic E-state index is 11.7. The van der Waals surface area contributed by atoms with Crippen molar-refractivity contribution in [1.29, 1.82) is 0 Å². The normalized spacial score (nSPS) is 19.2. The number of pyridine rings is 1. The Kier molecular flexibility index (Phi) is 4.57. The first-order valence-corrected chi connectivity index (χ1v) is 9.32. The van der Waals surface area contributed by atoms with Crippen LogP contribution in [-0.4, -0.2) is 66.5 Å². The number of hydrogen-bond acceptors (Lipinski definition) is 4. The number of carbonyl (C=O) groups is 1. The molecule has 0 N–H and O–H groups in total. The molecule has 1 amide bonds. The van der Waals surface area contributed by atoms with Crippen LogP contribution in [0.25, 0.3) is 10.9 Å². The van der Waals surface area contributed by atoms with E-state index in [0.717, 1.165) is 70.0 Å². The Bertz CT molecular complexity index is 767. The number of piperazine rings is 1. The molecule has 0 aliphatic carbocycles. The average molecular weight is 338 g/mol. The summed E-state index contributed by atoms with van der Waals surface area (Å²) in [5.74, 6) is 1.42. The van der Waals surface area contributed by atoms with Gasteiger partial charge in [0, 0.05) is 57.6 Å². The van der Waals surface area contributed by atoms with Gasteiger partial charge in [0.15, 0.2) is 0 Å². The van der Waals surface area contributed by atoms with Gasteiger partial charge in [0.05, 0.1) is 5.52 Å². The molecule has 3 heterocycles. The Hall–Kier alpha value is -2.14. The summed E-state index contributed by atoms with van der Waals surface area (Å²) in [5, 5.41) is 1.24. The van der Waals surface area contributed by atoms with E-state index in [2.05, 4.69) is 47.1 Å². The number of benzene rings is 1. The monoisotopic (exact) mass is 338 g/mol. The van der Waals surface area contributed by atoms with E-state index in [1.807, 2.05) is 4.90 Å². The topological polar surface area (TPSA) is 39.7 Å². The summed E-state index contributed by atoms with van der Waals surface area (Å²) < 4.78 is 0. The van der Waals surface area contributed by atoms with Crippen LogP contribution in [0.2, 0.25) is 0 Å². The summed E-state index contributed by atoms with van der Waals surface area (Å²) in [6, 6.07) is 10.6. The molecule has 0 saturated carbocycles. The molecule has 0 unspecified atom stereocenters. The lowest BCUT2D eigenvalue weighted by Gasteiger charge is -2.36. The summed E-state index contributed by atoms with van der Waals surface area (Å²) in [5.41, 5.74) is 2.36. The minimum atomic E-state index is 0.328. The van der Waals surface area contributed by atoms with Gasteiger partial charge < -0.3 is 9.80 Å². The molecule has 25 heavy (non-hydrogen) atoms. The lowest BCUT2D eigenvalue weighted by molar-refractivity contribution is -0.127. The van der Waals surface area contributed by atoms with Crippen molar-refractivity contribution in [3.05, 3.63) is 35.9 Å². The van der Waals surface area contributed by atoms with E-state index >= 15 is 0 Å². The van der Waals surface area contributed by atoms with Crippen LogP contribution in [-0.2, 0) is 4.79 Å². The molecule has 5 heteroatoms. The van der Waals surface area contributed by atoms with Gasteiger partial charge in [0.1, 0.15) is 5.82 Å². The van der Waals surface area contributed by atoms with Gasteiger partial charge in [0.25, 0.3) is 0 Å². The molecular formula is C20H26N4O. The van der Waals surface area contributed by atoms with Crippen molar-refractivity contribution in [3.63, 3.8) is 0 Å². The van der Waals surface area contributed by atoms with Crippen LogP contribution >= 0.6 is 0 Å². The number of nitrogens with zero attached hydrogens (tertiary/aromatic N) is 4. The Labute approximate surface area is 149 Å². The number of carbonyl (C=O) groups excluding carboxylic acids is 1. The fourth-order valence-electron chi connectivity index (χ4n) is 3.90. The number of fused-ring (bicyclic) bond motifs is 1. The molecular weight excluding hydrogens is 312 g/mol. The van der Waals surface area contributed by atoms with Crippen molar-refractivity contribution in [2.75, 3.05) is 50.7 Å². The minimum absolute atomic E-state index is 0.328. The molecule has 5 nitrogen and oxygen atoms in total. The second-order valence-electron chi connectivity index (χ2n) is 7.13. The third-order valence-corrected chi connectivity index (χ3v) is 5.46. The predicted octanol–water partition coefficient (Wildman–Crippen LogP) is 2.29. The molecule has 2 aliphatic heterocycles. The molecule has 2 aliphatic rings. The van der Waals surface area contributed by atoms with Crippen molar-refractivity contribution >= 4 is 22.6 Å². The van der Waals surface area contributed by atoms with Crippen LogP contribution in [0.4, 0.5) is 5.82 Å². The number of amides is 1. The summed E-state index contributed by atoms with van der Waals surface area (Å²) in [6.07, 6.45) is 1.76. The first-order chi connectivity index (χ1) is 12.2. The highest BCUT2D eigenvalue weighted by Gasteiger charge is 2.22. The molecule has 0 bridgehead atoms. The summed E-state index contributed by atoms with van der Waals surface area (Å²) in [7, 11) is 0. The van der Waals surface area contributed by atoms with E-state index < -0.39 is 0 Å². The Morgan fingerprint density at radius 3 is 2.60 bits per heavy atom. The van der Waals surface area contributed by atoms with Crippen LogP contribution in [0.15, 0.2) is 30.3 Å². The third-order valence-electron chi connectivity index (χ3n) is 5.46. The van der Waals surface area contributed by atoms with E-state index in [4.69, 9.17) is 4.98 Å². The van der Waals surface area contributed by atoms with Gasteiger partial charge in [0.2, 0.25) is 5.91 Å². The molecule has 2 fully saturated rings. The molecule has 2 aromatic rings. The number of aromatic nitrogens is 1. The number of hydrogen-bond donors (Lipinski definition) is 0. The number of likely N-dealkylation sites (tertiary alicyclic amines) is 1. The number of para-hydroxylation sites is 1. The van der Waals surface area contributed by atoms with Gasteiger partial charge in [-0.3, -0.25) is 9.69 Å². The van der Waals surface area contributed by atoms with Gasteiger partial charge in [-0.1, -0.05) is 18.2 Å². The Balaban J connectivity index is 1.36. The van der Waals surface area contributed by atoms with Crippen LogP contribution in [0.1, 0.15) is 18.4 Å². The summed E-state index contributed by atoms with van der Waals surface area (Å²) in [6.45, 7) is 9.05. The smallest absolute Gasteiger partial charge is 0.222 e. The Morgan fingerprint density at radius 1 is 1.04 bits per heavy atom. The molecule has 1 aromatic heterocycles. The standard InChI is InChI=1S/C20H26N4O/c1-16-15-19(21-18-6-3-2-5-17(16)18)23-12-9-22(10-13-23)11-14-24-8-4-7-20(24)25/h2-3,5-6,15H,4,7-14H2,1H3. The maximum Gasteiger partial charge on any atom is 0.222 e. The highest BCUT2D eigenvalue weighted by atomic mass is 16.2. The fourth-order valence-corrected chi connectivity index (χ4v) is 3.90. The molecule has 4 rings (SSSR count). The zero-order chi connectivity index (χ0) is 17.2. The van der Waals surface area contributed by atoms with E-state index in [1.165, 1.54) is 10.9 Å². The molecule has 0 radical (unpaired) electrons. The second-order valence-corrected chi connectivity index (χ2v) is 7.13. The molecule has 0 spiro atoms. The summed E-state index contributed by atoms with van der Waals surface area (Å²) >= 11 is 0. The quantitative estimate of drug-likeness (QED) is 0.857. The minimum Gasteiger partial charge on any atom is -0.354 e. The highest BCUT2D eigenvalue weighted by molar-refractivity contribution is 5.83. The van der Waals surface area contributed by atoms with Crippen LogP contribution in [0, 0.1) is 6.92 Å². The van der Waals surface area contributed by atoms with Crippen molar-refractivity contribution in [3.8, 4) is 0 Å². The second kappa shape index (κ2) is 7.00. The van der Waals surface area contributed by atoms with E-state index in [9.17, 15) is 4.79 Å². The lowest BCUT2D eigenvalue weighted by atomic mass is 10.1. The number of rotatable bonds is 4. The molecule has 0 atom stereocenters. The number of aryl methyl sites for hydroxylation is 1. The zero-order valence-corrected chi connectivity index (χ0v) is 14.9. The lowest BCUT2D eigenvalue weighted by Crippen LogP contribution is -2.48. The van der Waals surface area contributed by atoms with Gasteiger partial charge >= 0.3 is 0 Å². The van der Waals surface area contributed by atoms with Crippen molar-refractivity contribution in [1.82, 2.24) is 14.8 Å². The van der Waals surface area contributed by atoms with E-state index in [1.54, 1.807) is 0 Å². The fraction of sp³-hybridized carbons (Fsp3) is 0.500. The van der Waals surface area contributed by atoms with Crippen molar-refractivity contribution in [2.24, 2.45) is 0 Å². The highest BCUT2D eigenvalue weighted by Crippen LogP contribution is 2.23. The van der Waals surface area contributed by atoms with Gasteiger partial charge in [-0.05, 0) is 31.0 Å². The predicted molar refractivity (Wildman–Crippen MR) is 101 cm³/mol. The maximum atomic E-state index is 11.7. The SMILES string of the molecule is Cc1cc(N2CCN(CCN3CCCC3=O)CC2)nc2ccccc12. The van der Waals surface area contributed by atoms with Gasteiger partial charge in [-0.15, -0.1) is 0 Å². The first kappa shape index (κ1) is 16.3. The van der Waals surface area contributed by atoms with Gasteiger partial charge in [-0.25, -0.2) is 4.98 Å². The van der Waals surface area contributed by atoms with E-state index in [0.29, 0.717) is 5.91 Å². The van der Waals surface area contributed by atoms with E-state index in [-0.39, 0.29) is 0 Å². The third kappa shape index (κ3) is 3.47. The summed E-state index contributed by atoms with van der Waals surface area (Å²) in [4.78, 5) is 23.4. The van der Waals surface area contributed by atoms with Crippen LogP contribution in [0.3, 0.4) is 0 Å². The molecule has 132 valence electrons. The number of anilines is 1. The molecule has 1 aromatic carbocycles. The van der Waals surface area contributed by atoms with Crippen molar-refractivity contribution in [2.45, 2.75) is 19.8 Å². The van der Waals surface area contributed by atoms with Gasteiger partial charge in [-0.2, -0.15) is 0 Å². The zero-order valence-electron chi connectivity index (χ0n) is 14.9. The first-order valence-electron chi connectivity index (χ1n) is 9.32. The Morgan fingerprint density at radius 2 is 1.84 bits per heavy atom. The van der Waals surface area contributed by atoms with Crippen LogP contribution < -0.4 is 4.90 Å².